The third-order valence-corrected chi connectivity index (χ3v) is 4.42. The summed E-state index contributed by atoms with van der Waals surface area (Å²) < 4.78 is 0. The van der Waals surface area contributed by atoms with Crippen LogP contribution < -0.4 is 0 Å². The second kappa shape index (κ2) is 5.96. The first-order chi connectivity index (χ1) is 9.37. The van der Waals surface area contributed by atoms with Gasteiger partial charge in [-0.2, -0.15) is 0 Å². The van der Waals surface area contributed by atoms with Crippen LogP contribution in [0.4, 0.5) is 0 Å². The topological polar surface area (TPSA) is 40.5 Å². The number of carboxylic acid groups (broad SMARTS) is 1. The van der Waals surface area contributed by atoms with E-state index in [9.17, 15) is 4.79 Å². The highest BCUT2D eigenvalue weighted by Crippen LogP contribution is 2.30. The van der Waals surface area contributed by atoms with Gasteiger partial charge in [0.2, 0.25) is 0 Å². The van der Waals surface area contributed by atoms with Crippen LogP contribution in [0.15, 0.2) is 18.2 Å². The van der Waals surface area contributed by atoms with Crippen LogP contribution in [0.5, 0.6) is 0 Å². The van der Waals surface area contributed by atoms with Crippen molar-refractivity contribution in [1.29, 1.82) is 0 Å². The molecule has 1 heterocycles. The number of hydrogen-bond donors (Lipinski definition) is 1. The monoisotopic (exact) mass is 275 g/mol. The second-order valence-corrected chi connectivity index (χ2v) is 6.74. The van der Waals surface area contributed by atoms with E-state index in [1.54, 1.807) is 12.1 Å². The second-order valence-electron chi connectivity index (χ2n) is 6.74. The predicted molar refractivity (Wildman–Crippen MR) is 81.0 cm³/mol. The Balaban J connectivity index is 2.05. The number of rotatable bonds is 3. The zero-order chi connectivity index (χ0) is 14.8. The predicted octanol–water partition coefficient (Wildman–Crippen LogP) is 3.71. The lowest BCUT2D eigenvalue weighted by Gasteiger charge is -2.23. The molecule has 1 aromatic rings. The zero-order valence-corrected chi connectivity index (χ0v) is 12.8. The highest BCUT2D eigenvalue weighted by Gasteiger charge is 2.23. The Morgan fingerprint density at radius 3 is 2.70 bits per heavy atom. The molecule has 1 fully saturated rings. The van der Waals surface area contributed by atoms with E-state index in [0.717, 1.165) is 25.2 Å². The van der Waals surface area contributed by atoms with Gasteiger partial charge in [0.15, 0.2) is 0 Å². The molecule has 0 unspecified atom stereocenters. The summed E-state index contributed by atoms with van der Waals surface area (Å²) in [7, 11) is 0. The average molecular weight is 275 g/mol. The summed E-state index contributed by atoms with van der Waals surface area (Å²) >= 11 is 0. The molecule has 0 bridgehead atoms. The molecule has 1 aliphatic heterocycles. The van der Waals surface area contributed by atoms with Gasteiger partial charge >= 0.3 is 5.97 Å². The fraction of sp³-hybridized carbons (Fsp3) is 0.588. The van der Waals surface area contributed by atoms with Crippen LogP contribution in [-0.4, -0.2) is 29.1 Å². The molecule has 0 aromatic heterocycles. The Labute approximate surface area is 121 Å². The third-order valence-electron chi connectivity index (χ3n) is 4.42. The van der Waals surface area contributed by atoms with Gasteiger partial charge < -0.3 is 5.11 Å². The Hall–Kier alpha value is -1.35. The molecule has 20 heavy (non-hydrogen) atoms. The minimum absolute atomic E-state index is 0.378. The quantitative estimate of drug-likeness (QED) is 0.914. The summed E-state index contributed by atoms with van der Waals surface area (Å²) in [4.78, 5) is 13.5. The van der Waals surface area contributed by atoms with Crippen molar-refractivity contribution < 1.29 is 9.90 Å². The number of hydrogen-bond acceptors (Lipinski definition) is 2. The zero-order valence-electron chi connectivity index (χ0n) is 12.8. The van der Waals surface area contributed by atoms with Crippen molar-refractivity contribution in [1.82, 2.24) is 4.90 Å². The van der Waals surface area contributed by atoms with Crippen LogP contribution in [0.2, 0.25) is 0 Å². The van der Waals surface area contributed by atoms with Crippen LogP contribution in [0, 0.1) is 12.3 Å². The van der Waals surface area contributed by atoms with Crippen molar-refractivity contribution >= 4 is 5.97 Å². The first kappa shape index (κ1) is 15.0. The fourth-order valence-electron chi connectivity index (χ4n) is 2.88. The molecule has 0 saturated carbocycles. The molecular formula is C17H25NO2. The molecule has 0 spiro atoms. The van der Waals surface area contributed by atoms with Crippen molar-refractivity contribution in [2.75, 3.05) is 13.1 Å². The number of nitrogens with zero attached hydrogens (tertiary/aromatic N) is 1. The van der Waals surface area contributed by atoms with Gasteiger partial charge in [-0.15, -0.1) is 0 Å². The van der Waals surface area contributed by atoms with Gasteiger partial charge in [-0.3, -0.25) is 4.90 Å². The lowest BCUT2D eigenvalue weighted by atomic mass is 9.85. The normalized spacial score (nSPS) is 19.6. The summed E-state index contributed by atoms with van der Waals surface area (Å²) in [6.07, 6.45) is 3.78. The largest absolute Gasteiger partial charge is 0.478 e. The Morgan fingerprint density at radius 2 is 2.05 bits per heavy atom. The van der Waals surface area contributed by atoms with Gasteiger partial charge in [-0.1, -0.05) is 19.9 Å². The summed E-state index contributed by atoms with van der Waals surface area (Å²) in [5.41, 5.74) is 3.16. The van der Waals surface area contributed by atoms with E-state index in [4.69, 9.17) is 5.11 Å². The smallest absolute Gasteiger partial charge is 0.335 e. The molecule has 1 aliphatic rings. The molecule has 3 nitrogen and oxygen atoms in total. The summed E-state index contributed by atoms with van der Waals surface area (Å²) in [6.45, 7) is 9.91. The van der Waals surface area contributed by atoms with Gasteiger partial charge in [-0.05, 0) is 68.0 Å². The van der Waals surface area contributed by atoms with E-state index in [2.05, 4.69) is 18.7 Å². The Bertz CT molecular complexity index is 494. The fourth-order valence-corrected chi connectivity index (χ4v) is 2.88. The molecule has 1 saturated heterocycles. The van der Waals surface area contributed by atoms with E-state index < -0.39 is 5.97 Å². The first-order valence-electron chi connectivity index (χ1n) is 7.43. The summed E-state index contributed by atoms with van der Waals surface area (Å²) in [6, 6.07) is 5.46. The van der Waals surface area contributed by atoms with E-state index >= 15 is 0 Å². The van der Waals surface area contributed by atoms with Crippen molar-refractivity contribution in [3.63, 3.8) is 0 Å². The van der Waals surface area contributed by atoms with Crippen LogP contribution >= 0.6 is 0 Å². The first-order valence-corrected chi connectivity index (χ1v) is 7.43. The van der Waals surface area contributed by atoms with Crippen molar-refractivity contribution in [2.45, 2.75) is 46.6 Å². The van der Waals surface area contributed by atoms with Crippen molar-refractivity contribution in [3.05, 3.63) is 34.9 Å². The number of benzene rings is 1. The molecular weight excluding hydrogens is 250 g/mol. The number of likely N-dealkylation sites (tertiary alicyclic amines) is 1. The van der Waals surface area contributed by atoms with E-state index in [1.165, 1.54) is 24.8 Å². The molecule has 2 rings (SSSR count). The van der Waals surface area contributed by atoms with Crippen LogP contribution in [-0.2, 0) is 6.54 Å². The Kier molecular flexibility index (Phi) is 4.48. The highest BCUT2D eigenvalue weighted by molar-refractivity contribution is 5.87. The highest BCUT2D eigenvalue weighted by atomic mass is 16.4. The van der Waals surface area contributed by atoms with Gasteiger partial charge in [0, 0.05) is 6.54 Å². The molecule has 0 atom stereocenters. The molecule has 0 amide bonds. The molecule has 3 heteroatoms. The number of aryl methyl sites for hydroxylation is 1. The van der Waals surface area contributed by atoms with E-state index in [0.29, 0.717) is 11.0 Å². The van der Waals surface area contributed by atoms with Crippen LogP contribution in [0.25, 0.3) is 0 Å². The molecule has 1 aromatic carbocycles. The van der Waals surface area contributed by atoms with Gasteiger partial charge in [0.05, 0.1) is 5.56 Å². The van der Waals surface area contributed by atoms with E-state index in [1.807, 2.05) is 13.0 Å². The van der Waals surface area contributed by atoms with Gasteiger partial charge in [0.25, 0.3) is 0 Å². The molecule has 0 radical (unpaired) electrons. The number of aromatic carboxylic acids is 1. The Morgan fingerprint density at radius 1 is 1.30 bits per heavy atom. The number of carboxylic acids is 1. The maximum atomic E-state index is 11.0. The lowest BCUT2D eigenvalue weighted by Crippen LogP contribution is -2.25. The van der Waals surface area contributed by atoms with Crippen molar-refractivity contribution in [2.24, 2.45) is 5.41 Å². The molecule has 110 valence electrons. The van der Waals surface area contributed by atoms with Gasteiger partial charge in [-0.25, -0.2) is 4.79 Å². The maximum absolute atomic E-state index is 11.0. The molecule has 0 aliphatic carbocycles. The minimum atomic E-state index is -0.851. The summed E-state index contributed by atoms with van der Waals surface area (Å²) in [5.74, 6) is -0.851. The van der Waals surface area contributed by atoms with Crippen molar-refractivity contribution in [3.8, 4) is 0 Å². The maximum Gasteiger partial charge on any atom is 0.335 e. The SMILES string of the molecule is Cc1cc(C(=O)O)ccc1CN1CCCC(C)(C)CC1. The number of carbonyl (C=O) groups is 1. The third kappa shape index (κ3) is 3.83. The molecule has 1 N–H and O–H groups in total. The average Bonchev–Trinajstić information content (AvgIpc) is 2.53. The van der Waals surface area contributed by atoms with E-state index in [-0.39, 0.29) is 0 Å². The minimum Gasteiger partial charge on any atom is -0.478 e. The lowest BCUT2D eigenvalue weighted by molar-refractivity contribution is 0.0696. The van der Waals surface area contributed by atoms with Crippen LogP contribution in [0.3, 0.4) is 0 Å². The standard InChI is InChI=1S/C17H25NO2/c1-13-11-14(16(19)20)5-6-15(13)12-18-9-4-7-17(2,3)8-10-18/h5-6,11H,4,7-10,12H2,1-3H3,(H,19,20). The van der Waals surface area contributed by atoms with Gasteiger partial charge in [0.1, 0.15) is 0 Å². The summed E-state index contributed by atoms with van der Waals surface area (Å²) in [5, 5.41) is 9.01. The van der Waals surface area contributed by atoms with Crippen LogP contribution in [0.1, 0.15) is 54.6 Å².